The number of benzene rings is 1. The highest BCUT2D eigenvalue weighted by atomic mass is 79.9. The summed E-state index contributed by atoms with van der Waals surface area (Å²) in [5.41, 5.74) is 11.5. The molecule has 0 radical (unpaired) electrons. The lowest BCUT2D eigenvalue weighted by Crippen LogP contribution is -2.58. The molecule has 8 heteroatoms. The molecule has 1 saturated carbocycles. The summed E-state index contributed by atoms with van der Waals surface area (Å²) in [5, 5.41) is 0.307. The van der Waals surface area contributed by atoms with Crippen LogP contribution in [-0.4, -0.2) is 17.6 Å². The fourth-order valence-electron chi connectivity index (χ4n) is 3.19. The van der Waals surface area contributed by atoms with Crippen molar-refractivity contribution in [1.82, 2.24) is 0 Å². The lowest BCUT2D eigenvalue weighted by atomic mass is 9.87. The van der Waals surface area contributed by atoms with Crippen LogP contribution in [0.3, 0.4) is 0 Å². The van der Waals surface area contributed by atoms with Crippen molar-refractivity contribution in [3.8, 4) is 0 Å². The molecule has 5 nitrogen and oxygen atoms in total. The van der Waals surface area contributed by atoms with Gasteiger partial charge in [-0.1, -0.05) is 18.0 Å². The zero-order valence-corrected chi connectivity index (χ0v) is 14.2. The van der Waals surface area contributed by atoms with E-state index in [1.807, 2.05) is 0 Å². The van der Waals surface area contributed by atoms with Crippen LogP contribution in [0.4, 0.5) is 10.1 Å². The van der Waals surface area contributed by atoms with E-state index in [9.17, 15) is 4.39 Å². The van der Waals surface area contributed by atoms with Crippen molar-refractivity contribution in [3.63, 3.8) is 0 Å². The van der Waals surface area contributed by atoms with Crippen LogP contribution in [0.1, 0.15) is 32.1 Å². The van der Waals surface area contributed by atoms with Gasteiger partial charge in [-0.05, 0) is 53.7 Å². The summed E-state index contributed by atoms with van der Waals surface area (Å²) in [6, 6.07) is 2.89. The minimum absolute atomic E-state index is 0.140. The molecule has 4 N–H and O–H groups in total. The second-order valence-electron chi connectivity index (χ2n) is 5.54. The number of hydrogen-bond acceptors (Lipinski definition) is 5. The van der Waals surface area contributed by atoms with Crippen LogP contribution in [0.5, 0.6) is 0 Å². The van der Waals surface area contributed by atoms with Crippen LogP contribution in [0.25, 0.3) is 0 Å². The molecule has 1 spiro atoms. The van der Waals surface area contributed by atoms with Crippen LogP contribution < -0.4 is 16.4 Å². The highest BCUT2D eigenvalue weighted by molar-refractivity contribution is 9.10. The third kappa shape index (κ3) is 2.56. The molecule has 0 aromatic heterocycles. The Labute approximate surface area is 141 Å². The zero-order valence-electron chi connectivity index (χ0n) is 11.8. The Hall–Kier alpha value is -1.34. The number of halogens is 3. The number of anilines is 1. The maximum atomic E-state index is 14.6. The molecule has 1 aliphatic heterocycles. The lowest BCUT2D eigenvalue weighted by Gasteiger charge is -2.45. The highest BCUT2D eigenvalue weighted by Crippen LogP contribution is 2.43. The Balaban J connectivity index is 2.16. The van der Waals surface area contributed by atoms with E-state index in [-0.39, 0.29) is 11.9 Å². The summed E-state index contributed by atoms with van der Waals surface area (Å²) >= 11 is 9.27. The fraction of sp³-hybridized carbons (Fsp3) is 0.429. The van der Waals surface area contributed by atoms with Gasteiger partial charge >= 0.3 is 0 Å². The van der Waals surface area contributed by atoms with E-state index in [1.165, 1.54) is 6.07 Å². The van der Waals surface area contributed by atoms with Gasteiger partial charge in [0.1, 0.15) is 11.5 Å². The quantitative estimate of drug-likeness (QED) is 0.774. The van der Waals surface area contributed by atoms with Crippen LogP contribution in [0.2, 0.25) is 5.02 Å². The van der Waals surface area contributed by atoms with E-state index < -0.39 is 11.5 Å². The van der Waals surface area contributed by atoms with Crippen molar-refractivity contribution in [1.29, 1.82) is 0 Å². The average Bonchev–Trinajstić information content (AvgIpc) is 2.41. The first-order chi connectivity index (χ1) is 10.4. The summed E-state index contributed by atoms with van der Waals surface area (Å²) < 4.78 is 15.1. The van der Waals surface area contributed by atoms with Crippen molar-refractivity contribution in [3.05, 3.63) is 27.4 Å². The zero-order chi connectivity index (χ0) is 15.9. The molecule has 1 heterocycles. The molecule has 22 heavy (non-hydrogen) atoms. The van der Waals surface area contributed by atoms with Crippen LogP contribution in [-0.2, 0) is 0 Å². The van der Waals surface area contributed by atoms with Gasteiger partial charge in [-0.2, -0.15) is 4.99 Å². The summed E-state index contributed by atoms with van der Waals surface area (Å²) in [5.74, 6) is -0.185. The predicted octanol–water partition coefficient (Wildman–Crippen LogP) is 3.35. The van der Waals surface area contributed by atoms with Gasteiger partial charge in [-0.3, -0.25) is 4.90 Å². The number of aliphatic imine (C=N–C) groups is 2. The minimum atomic E-state index is -0.675. The van der Waals surface area contributed by atoms with Gasteiger partial charge in [0, 0.05) is 9.50 Å². The number of hydrogen-bond donors (Lipinski definition) is 2. The van der Waals surface area contributed by atoms with Crippen molar-refractivity contribution in [2.24, 2.45) is 21.5 Å². The first-order valence-electron chi connectivity index (χ1n) is 7.07. The van der Waals surface area contributed by atoms with Crippen molar-refractivity contribution < 1.29 is 4.39 Å². The number of rotatable bonds is 1. The first kappa shape index (κ1) is 15.6. The molecule has 1 aromatic rings. The minimum Gasteiger partial charge on any atom is -0.369 e. The predicted molar refractivity (Wildman–Crippen MR) is 90.6 cm³/mol. The number of nitrogens with two attached hydrogens (primary N) is 2. The summed E-state index contributed by atoms with van der Waals surface area (Å²) in [4.78, 5) is 10.2. The van der Waals surface area contributed by atoms with Gasteiger partial charge in [0.15, 0.2) is 0 Å². The largest absolute Gasteiger partial charge is 0.369 e. The number of guanidine groups is 2. The Bertz CT molecular complexity index is 646. The van der Waals surface area contributed by atoms with E-state index in [4.69, 9.17) is 23.1 Å². The SMILES string of the molecule is NC1=NC2(CCCCC2)N(c2c(F)cc(Cl)cc2Br)C(N)=N1. The second kappa shape index (κ2) is 5.70. The molecule has 0 amide bonds. The summed E-state index contributed by atoms with van der Waals surface area (Å²) in [6.07, 6.45) is 4.57. The monoisotopic (exact) mass is 387 g/mol. The van der Waals surface area contributed by atoms with Gasteiger partial charge in [0.2, 0.25) is 11.9 Å². The second-order valence-corrected chi connectivity index (χ2v) is 6.83. The molecule has 1 fully saturated rings. The summed E-state index contributed by atoms with van der Waals surface area (Å²) in [6.45, 7) is 0. The van der Waals surface area contributed by atoms with E-state index >= 15 is 0 Å². The molecule has 0 atom stereocenters. The molecule has 2 aliphatic rings. The Morgan fingerprint density at radius 2 is 1.91 bits per heavy atom. The van der Waals surface area contributed by atoms with E-state index in [2.05, 4.69) is 25.9 Å². The fourth-order valence-corrected chi connectivity index (χ4v) is 4.14. The van der Waals surface area contributed by atoms with Gasteiger partial charge in [-0.25, -0.2) is 9.38 Å². The Morgan fingerprint density at radius 1 is 1.23 bits per heavy atom. The maximum Gasteiger partial charge on any atom is 0.220 e. The molecule has 0 unspecified atom stereocenters. The third-order valence-corrected chi connectivity index (χ3v) is 4.88. The Kier molecular flexibility index (Phi) is 4.03. The molecule has 118 valence electrons. The van der Waals surface area contributed by atoms with Crippen molar-refractivity contribution >= 4 is 45.1 Å². The van der Waals surface area contributed by atoms with Gasteiger partial charge in [0.25, 0.3) is 0 Å². The first-order valence-corrected chi connectivity index (χ1v) is 8.24. The smallest absolute Gasteiger partial charge is 0.220 e. The van der Waals surface area contributed by atoms with Gasteiger partial charge < -0.3 is 11.5 Å². The van der Waals surface area contributed by atoms with Gasteiger partial charge in [-0.15, -0.1) is 0 Å². The van der Waals surface area contributed by atoms with Crippen LogP contribution in [0, 0.1) is 5.82 Å². The Morgan fingerprint density at radius 3 is 2.55 bits per heavy atom. The molecule has 1 aliphatic carbocycles. The lowest BCUT2D eigenvalue weighted by molar-refractivity contribution is 0.303. The third-order valence-electron chi connectivity index (χ3n) is 4.06. The number of nitrogens with zero attached hydrogens (tertiary/aromatic N) is 3. The van der Waals surface area contributed by atoms with Crippen LogP contribution >= 0.6 is 27.5 Å². The normalized spacial score (nSPS) is 20.8. The van der Waals surface area contributed by atoms with E-state index in [0.717, 1.165) is 32.1 Å². The van der Waals surface area contributed by atoms with Gasteiger partial charge in [0.05, 0.1) is 5.69 Å². The van der Waals surface area contributed by atoms with E-state index in [1.54, 1.807) is 11.0 Å². The molecular weight excluding hydrogens is 373 g/mol. The van der Waals surface area contributed by atoms with E-state index in [0.29, 0.717) is 15.2 Å². The molecule has 1 aromatic carbocycles. The molecular formula is C14H16BrClFN5. The molecule has 0 bridgehead atoms. The molecule has 0 saturated heterocycles. The highest BCUT2D eigenvalue weighted by Gasteiger charge is 2.44. The average molecular weight is 389 g/mol. The maximum absolute atomic E-state index is 14.6. The summed E-state index contributed by atoms with van der Waals surface area (Å²) in [7, 11) is 0. The van der Waals surface area contributed by atoms with Crippen molar-refractivity contribution in [2.75, 3.05) is 4.90 Å². The van der Waals surface area contributed by atoms with Crippen LogP contribution in [0.15, 0.2) is 26.6 Å². The standard InChI is InChI=1S/C14H16BrClFN5/c15-9-6-8(16)7-10(17)11(9)22-13(19)20-12(18)21-14(22)4-2-1-3-5-14/h6-7H,1-5H2,(H4,18,19,20,21). The topological polar surface area (TPSA) is 80.0 Å². The molecule has 3 rings (SSSR count). The van der Waals surface area contributed by atoms with Crippen molar-refractivity contribution in [2.45, 2.75) is 37.8 Å².